The van der Waals surface area contributed by atoms with E-state index in [4.69, 9.17) is 20.9 Å². The summed E-state index contributed by atoms with van der Waals surface area (Å²) < 4.78 is 19.1. The van der Waals surface area contributed by atoms with Gasteiger partial charge in [0.1, 0.15) is 33.9 Å². The summed E-state index contributed by atoms with van der Waals surface area (Å²) in [6.45, 7) is 15.4. The molecule has 0 spiro atoms. The highest BCUT2D eigenvalue weighted by atomic mass is 16.5. The lowest BCUT2D eigenvalue weighted by atomic mass is 9.78. The van der Waals surface area contributed by atoms with E-state index in [0.717, 1.165) is 56.9 Å². The fourth-order valence-corrected chi connectivity index (χ4v) is 11.0. The lowest BCUT2D eigenvalue weighted by Crippen LogP contribution is -2.47. The van der Waals surface area contributed by atoms with Crippen LogP contribution in [0.1, 0.15) is 118 Å². The first kappa shape index (κ1) is 50.9. The van der Waals surface area contributed by atoms with Gasteiger partial charge in [0.05, 0.1) is 36.1 Å². The number of aromatic nitrogens is 8. The number of allylic oxidation sites excluding steroid dienone is 2. The highest BCUT2D eigenvalue weighted by molar-refractivity contribution is 5.99. The molecule has 20 heteroatoms. The topological polar surface area (TPSA) is 247 Å². The Kier molecular flexibility index (Phi) is 15.6. The number of imidazole rings is 2. The summed E-state index contributed by atoms with van der Waals surface area (Å²) >= 11 is 0. The average molecular weight is 999 g/mol. The predicted molar refractivity (Wildman–Crippen MR) is 276 cm³/mol. The summed E-state index contributed by atoms with van der Waals surface area (Å²) in [5, 5.41) is 8.88. The van der Waals surface area contributed by atoms with Crippen LogP contribution in [0.15, 0.2) is 58.5 Å². The summed E-state index contributed by atoms with van der Waals surface area (Å²) in [7, 11) is 1.48. The molecular formula is C53H70N14O6. The van der Waals surface area contributed by atoms with Crippen molar-refractivity contribution in [3.05, 3.63) is 93.7 Å². The molecule has 388 valence electrons. The number of ether oxygens (including phenoxy) is 2. The molecule has 0 bridgehead atoms. The maximum Gasteiger partial charge on any atom is 0.298 e. The minimum Gasteiger partial charge on any atom is -0.494 e. The Balaban J connectivity index is 0.976. The van der Waals surface area contributed by atoms with Gasteiger partial charge in [-0.15, -0.1) is 0 Å². The van der Waals surface area contributed by atoms with Gasteiger partial charge in [0.2, 0.25) is 23.1 Å². The molecule has 4 aromatic heterocycles. The van der Waals surface area contributed by atoms with Crippen molar-refractivity contribution in [3.8, 4) is 11.5 Å². The number of fused-ring (bicyclic) bond motifs is 2. The summed E-state index contributed by atoms with van der Waals surface area (Å²) in [5.41, 5.74) is 16.5. The molecule has 1 saturated heterocycles. The van der Waals surface area contributed by atoms with E-state index in [2.05, 4.69) is 39.9 Å². The number of hydrogen-bond acceptors (Lipinski definition) is 10. The van der Waals surface area contributed by atoms with Crippen molar-refractivity contribution < 1.29 is 28.7 Å². The van der Waals surface area contributed by atoms with Crippen molar-refractivity contribution in [3.63, 3.8) is 0 Å². The van der Waals surface area contributed by atoms with Crippen molar-refractivity contribution in [1.82, 2.24) is 48.5 Å². The number of aromatic amines is 2. The number of piperazine rings is 1. The number of nitrogens with one attached hydrogen (secondary N) is 2. The third kappa shape index (κ3) is 11.4. The number of primary amides is 2. The minimum atomic E-state index is -0.649. The molecular weight excluding hydrogens is 929 g/mol. The van der Waals surface area contributed by atoms with E-state index in [0.29, 0.717) is 76.0 Å². The number of rotatable bonds is 20. The highest BCUT2D eigenvalue weighted by Gasteiger charge is 2.31. The van der Waals surface area contributed by atoms with Gasteiger partial charge in [-0.3, -0.25) is 28.5 Å². The van der Waals surface area contributed by atoms with Crippen LogP contribution >= 0.6 is 0 Å². The molecule has 2 aliphatic carbocycles. The molecule has 2 saturated carbocycles. The van der Waals surface area contributed by atoms with Crippen LogP contribution in [0.2, 0.25) is 0 Å². The molecule has 3 aliphatic rings. The number of carbonyl (C=O) groups is 4. The first-order chi connectivity index (χ1) is 35.3. The number of carbonyl (C=O) groups excluding carboxylic acids is 4. The van der Waals surface area contributed by atoms with Gasteiger partial charge in [0.25, 0.3) is 11.8 Å². The van der Waals surface area contributed by atoms with Crippen LogP contribution in [0.25, 0.3) is 22.1 Å². The van der Waals surface area contributed by atoms with Crippen LogP contribution in [-0.4, -0.2) is 125 Å². The minimum absolute atomic E-state index is 0.179. The van der Waals surface area contributed by atoms with Gasteiger partial charge >= 0.3 is 0 Å². The van der Waals surface area contributed by atoms with Gasteiger partial charge in [-0.1, -0.05) is 37.8 Å². The lowest BCUT2D eigenvalue weighted by Gasteiger charge is -2.36. The standard InChI is InChI=1S/C53H70N14O6/c1-6-66-42(24-33(3)60-66)50(70)58-52-56-40-28-38(48(54)68)30-44(72-5)46(40)64(52)17-8-9-18-65-47-41(57-53(65)59-51(71)43-25-34(4)61-67(43)7-2)29-39(49(55)69)31-45(47)73-23-11-16-62-19-21-63(22-20-62)32-37-15-14-36(27-37)26-35-12-10-13-35/h8-9,24-25,28-31,35-37H,6-7,10-23,26-27,32H2,1-5H3,(H2,54,68)(H2,55,69)(H,56,58,70)(H,57,59,71)/b9-8+. The second-order valence-electron chi connectivity index (χ2n) is 20.0. The summed E-state index contributed by atoms with van der Waals surface area (Å²) in [6, 6.07) is 9.80. The Labute approximate surface area is 424 Å². The van der Waals surface area contributed by atoms with Crippen LogP contribution in [0.5, 0.6) is 11.5 Å². The second-order valence-corrected chi connectivity index (χ2v) is 20.0. The molecule has 5 heterocycles. The number of nitrogens with zero attached hydrogens (tertiary/aromatic N) is 10. The number of methoxy groups -OCH3 is 1. The zero-order valence-electron chi connectivity index (χ0n) is 42.9. The Hall–Kier alpha value is -7.06. The number of hydrogen-bond donors (Lipinski definition) is 4. The quantitative estimate of drug-likeness (QED) is 0.0572. The molecule has 3 fully saturated rings. The summed E-state index contributed by atoms with van der Waals surface area (Å²) in [4.78, 5) is 73.5. The molecule has 4 amide bonds. The highest BCUT2D eigenvalue weighted by Crippen LogP contribution is 2.41. The lowest BCUT2D eigenvalue weighted by molar-refractivity contribution is 0.0978. The molecule has 9 rings (SSSR count). The van der Waals surface area contributed by atoms with Crippen molar-refractivity contribution in [2.24, 2.45) is 39.2 Å². The Morgan fingerprint density at radius 1 is 0.699 bits per heavy atom. The van der Waals surface area contributed by atoms with Crippen LogP contribution in [0.3, 0.4) is 0 Å². The fourth-order valence-electron chi connectivity index (χ4n) is 11.0. The normalized spacial score (nSPS) is 18.4. The van der Waals surface area contributed by atoms with E-state index in [1.807, 2.05) is 44.4 Å². The number of nitrogens with two attached hydrogens (primary N) is 2. The van der Waals surface area contributed by atoms with Gasteiger partial charge in [-0.05, 0) is 108 Å². The Morgan fingerprint density at radius 3 is 1.73 bits per heavy atom. The Bertz CT molecular complexity index is 3190. The first-order valence-corrected chi connectivity index (χ1v) is 25.9. The molecule has 2 unspecified atom stereocenters. The molecule has 2 atom stereocenters. The number of amides is 4. The molecule has 20 nitrogen and oxygen atoms in total. The van der Waals surface area contributed by atoms with Crippen molar-refractivity contribution in [1.29, 1.82) is 0 Å². The molecule has 6 aromatic rings. The van der Waals surface area contributed by atoms with Gasteiger partial charge in [-0.2, -0.15) is 20.2 Å². The largest absolute Gasteiger partial charge is 0.494 e. The van der Waals surface area contributed by atoms with E-state index >= 15 is 0 Å². The Morgan fingerprint density at radius 2 is 1.22 bits per heavy atom. The maximum atomic E-state index is 13.9. The third-order valence-electron chi connectivity index (χ3n) is 14.9. The van der Waals surface area contributed by atoms with E-state index in [9.17, 15) is 19.2 Å². The van der Waals surface area contributed by atoms with Crippen molar-refractivity contribution in [2.45, 2.75) is 105 Å². The SMILES string of the molecule is CCn1nc(C)cc1C(=O)/N=c1/[nH]c2cc(C(N)=O)cc(OC)c2n1C/C=C/Cn1/c(=N\C(=O)c2cc(C)nn2CC)[nH]c2cc(C(N)=O)cc(OCCCN3CCN(CC4CCC(CC5CCC5)C4)CC3)c21. The van der Waals surface area contributed by atoms with E-state index in [-0.39, 0.29) is 35.5 Å². The fraction of sp³-hybridized carbons (Fsp3) is 0.509. The van der Waals surface area contributed by atoms with Crippen LogP contribution in [0.4, 0.5) is 0 Å². The van der Waals surface area contributed by atoms with Gasteiger partial charge in [-0.25, -0.2) is 0 Å². The van der Waals surface area contributed by atoms with Gasteiger partial charge < -0.3 is 49.8 Å². The van der Waals surface area contributed by atoms with E-state index in [1.165, 1.54) is 58.6 Å². The monoisotopic (exact) mass is 999 g/mol. The molecule has 73 heavy (non-hydrogen) atoms. The average Bonchev–Trinajstić information content (AvgIpc) is 4.20. The number of aryl methyl sites for hydroxylation is 4. The van der Waals surface area contributed by atoms with Crippen molar-refractivity contribution in [2.75, 3.05) is 53.0 Å². The smallest absolute Gasteiger partial charge is 0.298 e. The zero-order valence-corrected chi connectivity index (χ0v) is 42.9. The maximum absolute atomic E-state index is 13.9. The summed E-state index contributed by atoms with van der Waals surface area (Å²) in [5.74, 6) is 1.22. The van der Waals surface area contributed by atoms with Gasteiger partial charge in [0, 0.05) is 76.6 Å². The molecule has 0 radical (unpaired) electrons. The van der Waals surface area contributed by atoms with Crippen LogP contribution in [-0.2, 0) is 26.2 Å². The third-order valence-corrected chi connectivity index (χ3v) is 14.9. The molecule has 6 N–H and O–H groups in total. The molecule has 2 aromatic carbocycles. The molecule has 1 aliphatic heterocycles. The second kappa shape index (κ2) is 22.4. The number of benzene rings is 2. The van der Waals surface area contributed by atoms with Crippen LogP contribution in [0, 0.1) is 31.6 Å². The van der Waals surface area contributed by atoms with Crippen LogP contribution < -0.4 is 32.2 Å². The van der Waals surface area contributed by atoms with E-state index in [1.54, 1.807) is 50.3 Å². The van der Waals surface area contributed by atoms with Gasteiger partial charge in [0.15, 0.2) is 0 Å². The predicted octanol–water partition coefficient (Wildman–Crippen LogP) is 5.24. The first-order valence-electron chi connectivity index (χ1n) is 25.9. The number of H-pyrrole nitrogens is 2. The van der Waals surface area contributed by atoms with E-state index < -0.39 is 23.6 Å². The van der Waals surface area contributed by atoms with Crippen molar-refractivity contribution >= 4 is 45.7 Å². The zero-order chi connectivity index (χ0) is 51.3. The summed E-state index contributed by atoms with van der Waals surface area (Å²) in [6.07, 6.45) is 14.5.